The average Bonchev–Trinajstić information content (AvgIpc) is 2.34. The van der Waals surface area contributed by atoms with E-state index in [1.54, 1.807) is 0 Å². The highest BCUT2D eigenvalue weighted by Crippen LogP contribution is 2.34. The lowest BCUT2D eigenvalue weighted by molar-refractivity contribution is -0.152. The fourth-order valence-electron chi connectivity index (χ4n) is 2.11. The topological polar surface area (TPSA) is 75.6 Å². The van der Waals surface area contributed by atoms with Crippen molar-refractivity contribution < 1.29 is 19.4 Å². The highest BCUT2D eigenvalue weighted by Gasteiger charge is 2.41. The Hall–Kier alpha value is -1.31. The lowest BCUT2D eigenvalue weighted by Crippen LogP contribution is -2.44. The summed E-state index contributed by atoms with van der Waals surface area (Å²) in [6.07, 6.45) is 1.24. The SMILES string of the molecule is O=C(O)C1CCC1C(=O)NCCOc1ccc(I)cc1. The van der Waals surface area contributed by atoms with Crippen molar-refractivity contribution in [3.05, 3.63) is 27.8 Å². The van der Waals surface area contributed by atoms with Crippen LogP contribution in [0, 0.1) is 15.4 Å². The highest BCUT2D eigenvalue weighted by atomic mass is 127. The molecule has 1 aromatic rings. The summed E-state index contributed by atoms with van der Waals surface area (Å²) in [5, 5.41) is 11.6. The Morgan fingerprint density at radius 2 is 1.90 bits per heavy atom. The van der Waals surface area contributed by atoms with E-state index in [-0.39, 0.29) is 11.8 Å². The molecule has 1 aliphatic carbocycles. The van der Waals surface area contributed by atoms with Crippen molar-refractivity contribution in [1.29, 1.82) is 0 Å². The molecule has 20 heavy (non-hydrogen) atoms. The summed E-state index contributed by atoms with van der Waals surface area (Å²) in [7, 11) is 0. The van der Waals surface area contributed by atoms with E-state index in [2.05, 4.69) is 27.9 Å². The Morgan fingerprint density at radius 1 is 1.25 bits per heavy atom. The van der Waals surface area contributed by atoms with E-state index in [9.17, 15) is 9.59 Å². The predicted molar refractivity (Wildman–Crippen MR) is 81.5 cm³/mol. The van der Waals surface area contributed by atoms with Gasteiger partial charge < -0.3 is 15.2 Å². The molecule has 1 saturated carbocycles. The van der Waals surface area contributed by atoms with Gasteiger partial charge in [0.1, 0.15) is 12.4 Å². The van der Waals surface area contributed by atoms with E-state index in [0.717, 1.165) is 9.32 Å². The number of nitrogens with one attached hydrogen (secondary N) is 1. The lowest BCUT2D eigenvalue weighted by Gasteiger charge is -2.31. The Balaban J connectivity index is 1.67. The molecule has 1 fully saturated rings. The fourth-order valence-corrected chi connectivity index (χ4v) is 2.47. The molecule has 2 atom stereocenters. The van der Waals surface area contributed by atoms with Crippen molar-refractivity contribution in [2.45, 2.75) is 12.8 Å². The Bertz CT molecular complexity index is 488. The normalized spacial score (nSPS) is 20.9. The zero-order chi connectivity index (χ0) is 14.5. The predicted octanol–water partition coefficient (Wildman–Crippen LogP) is 1.90. The molecule has 0 aromatic heterocycles. The van der Waals surface area contributed by atoms with E-state index in [1.165, 1.54) is 0 Å². The molecule has 1 aromatic carbocycles. The van der Waals surface area contributed by atoms with Crippen LogP contribution in [-0.2, 0) is 9.59 Å². The lowest BCUT2D eigenvalue weighted by atomic mass is 9.73. The number of amides is 1. The maximum absolute atomic E-state index is 11.8. The number of halogens is 1. The van der Waals surface area contributed by atoms with Crippen molar-refractivity contribution in [3.63, 3.8) is 0 Å². The highest BCUT2D eigenvalue weighted by molar-refractivity contribution is 14.1. The molecule has 108 valence electrons. The number of aliphatic carboxylic acids is 1. The largest absolute Gasteiger partial charge is 0.492 e. The van der Waals surface area contributed by atoms with Gasteiger partial charge in [-0.2, -0.15) is 0 Å². The van der Waals surface area contributed by atoms with Crippen molar-refractivity contribution in [2.24, 2.45) is 11.8 Å². The van der Waals surface area contributed by atoms with E-state index >= 15 is 0 Å². The summed E-state index contributed by atoms with van der Waals surface area (Å²) in [5.74, 6) is -1.22. The monoisotopic (exact) mass is 389 g/mol. The summed E-state index contributed by atoms with van der Waals surface area (Å²) in [5.41, 5.74) is 0. The summed E-state index contributed by atoms with van der Waals surface area (Å²) < 4.78 is 6.62. The number of carboxylic acid groups (broad SMARTS) is 1. The number of hydrogen-bond acceptors (Lipinski definition) is 3. The molecule has 1 amide bonds. The molecule has 2 unspecified atom stereocenters. The second kappa shape index (κ2) is 6.92. The van der Waals surface area contributed by atoms with Gasteiger partial charge in [0, 0.05) is 3.57 Å². The second-order valence-electron chi connectivity index (χ2n) is 4.72. The van der Waals surface area contributed by atoms with Gasteiger partial charge in [-0.1, -0.05) is 0 Å². The van der Waals surface area contributed by atoms with Crippen LogP contribution in [-0.4, -0.2) is 30.1 Å². The summed E-state index contributed by atoms with van der Waals surface area (Å²) in [6, 6.07) is 7.63. The molecule has 2 N–H and O–H groups in total. The number of carbonyl (C=O) groups is 2. The van der Waals surface area contributed by atoms with E-state index in [4.69, 9.17) is 9.84 Å². The molecule has 0 bridgehead atoms. The van der Waals surface area contributed by atoms with Crippen LogP contribution in [0.1, 0.15) is 12.8 Å². The molecule has 0 saturated heterocycles. The van der Waals surface area contributed by atoms with Crippen LogP contribution in [0.2, 0.25) is 0 Å². The van der Waals surface area contributed by atoms with E-state index in [1.807, 2.05) is 24.3 Å². The second-order valence-corrected chi connectivity index (χ2v) is 5.97. The molecule has 0 aliphatic heterocycles. The van der Waals surface area contributed by atoms with Crippen molar-refractivity contribution in [3.8, 4) is 5.75 Å². The molecule has 2 rings (SSSR count). The van der Waals surface area contributed by atoms with E-state index in [0.29, 0.717) is 26.0 Å². The zero-order valence-corrected chi connectivity index (χ0v) is 13.0. The third kappa shape index (κ3) is 3.84. The Labute approximate surface area is 130 Å². The molecule has 5 nitrogen and oxygen atoms in total. The van der Waals surface area contributed by atoms with Crippen molar-refractivity contribution in [1.82, 2.24) is 5.32 Å². The summed E-state index contributed by atoms with van der Waals surface area (Å²) >= 11 is 2.21. The first kappa shape index (κ1) is 15.1. The van der Waals surface area contributed by atoms with Gasteiger partial charge in [0.2, 0.25) is 5.91 Å². The smallest absolute Gasteiger partial charge is 0.307 e. The van der Waals surface area contributed by atoms with Gasteiger partial charge >= 0.3 is 5.97 Å². The molecule has 0 radical (unpaired) electrons. The number of rotatable bonds is 6. The van der Waals surface area contributed by atoms with Gasteiger partial charge in [-0.3, -0.25) is 9.59 Å². The number of ether oxygens (including phenoxy) is 1. The van der Waals surface area contributed by atoms with Crippen molar-refractivity contribution >= 4 is 34.5 Å². The third-order valence-corrected chi connectivity index (χ3v) is 4.13. The summed E-state index contributed by atoms with van der Waals surface area (Å²) in [6.45, 7) is 0.754. The van der Waals surface area contributed by atoms with Gasteiger partial charge in [-0.25, -0.2) is 0 Å². The number of carbonyl (C=O) groups excluding carboxylic acids is 1. The van der Waals surface area contributed by atoms with Gasteiger partial charge in [0.25, 0.3) is 0 Å². The van der Waals surface area contributed by atoms with Crippen LogP contribution in [0.3, 0.4) is 0 Å². The van der Waals surface area contributed by atoms with Crippen LogP contribution in [0.25, 0.3) is 0 Å². The van der Waals surface area contributed by atoms with Gasteiger partial charge in [-0.05, 0) is 59.7 Å². The van der Waals surface area contributed by atoms with Crippen molar-refractivity contribution in [2.75, 3.05) is 13.2 Å². The number of benzene rings is 1. The maximum Gasteiger partial charge on any atom is 0.307 e. The average molecular weight is 389 g/mol. The van der Waals surface area contributed by atoms with Crippen LogP contribution in [0.4, 0.5) is 0 Å². The minimum absolute atomic E-state index is 0.185. The first-order valence-corrected chi connectivity index (χ1v) is 7.54. The Morgan fingerprint density at radius 3 is 2.45 bits per heavy atom. The fraction of sp³-hybridized carbons (Fsp3) is 0.429. The van der Waals surface area contributed by atoms with Gasteiger partial charge in [-0.15, -0.1) is 0 Å². The van der Waals surface area contributed by atoms with Crippen LogP contribution in [0.5, 0.6) is 5.75 Å². The number of hydrogen-bond donors (Lipinski definition) is 2. The minimum Gasteiger partial charge on any atom is -0.492 e. The standard InChI is InChI=1S/C14H16INO4/c15-9-1-3-10(4-2-9)20-8-7-16-13(17)11-5-6-12(11)14(18)19/h1-4,11-12H,5-8H2,(H,16,17)(H,18,19). The molecular weight excluding hydrogens is 373 g/mol. The van der Waals surface area contributed by atoms with Gasteiger partial charge in [0.15, 0.2) is 0 Å². The van der Waals surface area contributed by atoms with E-state index < -0.39 is 11.9 Å². The number of carboxylic acids is 1. The summed E-state index contributed by atoms with van der Waals surface area (Å²) in [4.78, 5) is 22.6. The molecule has 1 aliphatic rings. The molecular formula is C14H16INO4. The molecule has 0 heterocycles. The van der Waals surface area contributed by atoms with Crippen LogP contribution in [0.15, 0.2) is 24.3 Å². The first-order chi connectivity index (χ1) is 9.58. The van der Waals surface area contributed by atoms with Crippen LogP contribution < -0.4 is 10.1 Å². The molecule has 0 spiro atoms. The third-order valence-electron chi connectivity index (χ3n) is 3.41. The maximum atomic E-state index is 11.8. The van der Waals surface area contributed by atoms with Gasteiger partial charge in [0.05, 0.1) is 18.4 Å². The first-order valence-electron chi connectivity index (χ1n) is 6.47. The minimum atomic E-state index is -0.883. The van der Waals surface area contributed by atoms with Crippen LogP contribution >= 0.6 is 22.6 Å². The quantitative estimate of drug-likeness (QED) is 0.576. The zero-order valence-electron chi connectivity index (χ0n) is 10.8. The Kier molecular flexibility index (Phi) is 5.22. The molecule has 6 heteroatoms.